The molecule has 4 heteroatoms. The summed E-state index contributed by atoms with van der Waals surface area (Å²) < 4.78 is 6.32. The van der Waals surface area contributed by atoms with Crippen molar-refractivity contribution in [2.24, 2.45) is 0 Å². The average Bonchev–Trinajstić information content (AvgIpc) is 2.17. The maximum Gasteiger partial charge on any atom is 0.328 e. The fourth-order valence-electron chi connectivity index (χ4n) is 1.02. The van der Waals surface area contributed by atoms with Crippen molar-refractivity contribution >= 4 is 21.9 Å². The Morgan fingerprint density at radius 2 is 2.33 bits per heavy atom. The van der Waals surface area contributed by atoms with E-state index in [1.165, 1.54) is 6.08 Å². The monoisotopic (exact) mass is 270 g/mol. The lowest BCUT2D eigenvalue weighted by Crippen LogP contribution is -1.97. The molecular weight excluding hydrogens is 260 g/mol. The summed E-state index contributed by atoms with van der Waals surface area (Å²) in [5.41, 5.74) is 1.02. The van der Waals surface area contributed by atoms with E-state index in [-0.39, 0.29) is 6.61 Å². The molecule has 1 rings (SSSR count). The molecule has 0 fully saturated rings. The first-order chi connectivity index (χ1) is 7.09. The topological polar surface area (TPSA) is 46.5 Å². The van der Waals surface area contributed by atoms with Crippen LogP contribution in [-0.2, 0) is 4.79 Å². The van der Waals surface area contributed by atoms with Gasteiger partial charge in [-0.2, -0.15) is 0 Å². The molecule has 0 aromatic heterocycles. The molecule has 0 aliphatic carbocycles. The van der Waals surface area contributed by atoms with Crippen molar-refractivity contribution in [3.05, 3.63) is 40.4 Å². The number of rotatable bonds is 4. The van der Waals surface area contributed by atoms with Crippen molar-refractivity contribution < 1.29 is 14.6 Å². The molecule has 1 aromatic carbocycles. The van der Waals surface area contributed by atoms with Gasteiger partial charge in [-0.25, -0.2) is 4.79 Å². The second-order valence-corrected chi connectivity index (χ2v) is 3.88. The van der Waals surface area contributed by atoms with Crippen molar-refractivity contribution in [3.63, 3.8) is 0 Å². The van der Waals surface area contributed by atoms with E-state index in [9.17, 15) is 4.79 Å². The molecule has 0 heterocycles. The summed E-state index contributed by atoms with van der Waals surface area (Å²) in [4.78, 5) is 10.2. The first kappa shape index (κ1) is 11.8. The molecule has 0 aliphatic heterocycles. The quantitative estimate of drug-likeness (QED) is 0.856. The molecule has 0 amide bonds. The number of carboxylic acid groups (broad SMARTS) is 1. The van der Waals surface area contributed by atoms with Gasteiger partial charge in [0.25, 0.3) is 0 Å². The molecule has 0 bridgehead atoms. The van der Waals surface area contributed by atoms with Crippen LogP contribution in [0.1, 0.15) is 5.56 Å². The number of halogens is 1. The van der Waals surface area contributed by atoms with Crippen LogP contribution in [-0.4, -0.2) is 17.7 Å². The second kappa shape index (κ2) is 5.56. The summed E-state index contributed by atoms with van der Waals surface area (Å²) in [7, 11) is 0. The van der Waals surface area contributed by atoms with Gasteiger partial charge in [0.05, 0.1) is 0 Å². The highest BCUT2D eigenvalue weighted by molar-refractivity contribution is 9.10. The normalized spacial score (nSPS) is 10.5. The molecule has 0 aliphatic rings. The molecule has 0 radical (unpaired) electrons. The predicted octanol–water partition coefficient (Wildman–Crippen LogP) is 2.78. The molecule has 80 valence electrons. The van der Waals surface area contributed by atoms with Crippen LogP contribution in [0.2, 0.25) is 0 Å². The Labute approximate surface area is 96.5 Å². The van der Waals surface area contributed by atoms with Crippen LogP contribution in [0.25, 0.3) is 0 Å². The number of benzene rings is 1. The Morgan fingerprint density at radius 1 is 1.60 bits per heavy atom. The Morgan fingerprint density at radius 3 is 3.00 bits per heavy atom. The van der Waals surface area contributed by atoms with Gasteiger partial charge in [-0.15, -0.1) is 0 Å². The van der Waals surface area contributed by atoms with Gasteiger partial charge in [0.1, 0.15) is 12.4 Å². The molecule has 0 atom stereocenters. The van der Waals surface area contributed by atoms with Crippen molar-refractivity contribution in [2.75, 3.05) is 6.61 Å². The van der Waals surface area contributed by atoms with Crippen LogP contribution in [0, 0.1) is 6.92 Å². The van der Waals surface area contributed by atoms with Crippen molar-refractivity contribution in [1.82, 2.24) is 0 Å². The van der Waals surface area contributed by atoms with Crippen LogP contribution in [0.5, 0.6) is 5.75 Å². The zero-order chi connectivity index (χ0) is 11.3. The molecule has 1 N–H and O–H groups in total. The summed E-state index contributed by atoms with van der Waals surface area (Å²) in [5, 5.41) is 8.36. The van der Waals surface area contributed by atoms with Crippen LogP contribution >= 0.6 is 15.9 Å². The summed E-state index contributed by atoms with van der Waals surface area (Å²) in [5.74, 6) is -0.219. The lowest BCUT2D eigenvalue weighted by molar-refractivity contribution is -0.131. The minimum Gasteiger partial charge on any atom is -0.489 e. The lowest BCUT2D eigenvalue weighted by atomic mass is 10.2. The highest BCUT2D eigenvalue weighted by Gasteiger charge is 1.98. The predicted molar refractivity (Wildman–Crippen MR) is 61.1 cm³/mol. The number of hydrogen-bond acceptors (Lipinski definition) is 2. The summed E-state index contributed by atoms with van der Waals surface area (Å²) >= 11 is 3.34. The van der Waals surface area contributed by atoms with Gasteiger partial charge in [0, 0.05) is 10.5 Å². The standard InChI is InChI=1S/C11H11BrO3/c1-8-4-5-9(12)7-10(8)15-6-2-3-11(13)14/h2-5,7H,6H2,1H3,(H,13,14)/b3-2+. The Balaban J connectivity index is 2.57. The molecule has 0 saturated heterocycles. The number of aryl methyl sites for hydroxylation is 1. The van der Waals surface area contributed by atoms with Crippen LogP contribution in [0.15, 0.2) is 34.8 Å². The zero-order valence-corrected chi connectivity index (χ0v) is 9.82. The second-order valence-electron chi connectivity index (χ2n) is 2.96. The van der Waals surface area contributed by atoms with Gasteiger partial charge in [-0.3, -0.25) is 0 Å². The summed E-state index contributed by atoms with van der Waals surface area (Å²) in [6, 6.07) is 5.71. The SMILES string of the molecule is Cc1ccc(Br)cc1OC/C=C/C(=O)O. The number of hydrogen-bond donors (Lipinski definition) is 1. The maximum absolute atomic E-state index is 10.2. The van der Waals surface area contributed by atoms with Gasteiger partial charge in [-0.1, -0.05) is 22.0 Å². The molecule has 15 heavy (non-hydrogen) atoms. The van der Waals surface area contributed by atoms with Crippen LogP contribution in [0.4, 0.5) is 0 Å². The molecular formula is C11H11BrO3. The van der Waals surface area contributed by atoms with E-state index in [1.54, 1.807) is 0 Å². The highest BCUT2D eigenvalue weighted by atomic mass is 79.9. The number of ether oxygens (including phenoxy) is 1. The van der Waals surface area contributed by atoms with E-state index >= 15 is 0 Å². The van der Waals surface area contributed by atoms with E-state index in [2.05, 4.69) is 15.9 Å². The smallest absolute Gasteiger partial charge is 0.328 e. The minimum atomic E-state index is -0.968. The van der Waals surface area contributed by atoms with Gasteiger partial charge < -0.3 is 9.84 Å². The Kier molecular flexibility index (Phi) is 4.37. The largest absolute Gasteiger partial charge is 0.489 e. The van der Waals surface area contributed by atoms with E-state index in [1.807, 2.05) is 25.1 Å². The van der Waals surface area contributed by atoms with Crippen molar-refractivity contribution in [1.29, 1.82) is 0 Å². The molecule has 3 nitrogen and oxygen atoms in total. The summed E-state index contributed by atoms with van der Waals surface area (Å²) in [6.07, 6.45) is 2.52. The van der Waals surface area contributed by atoms with E-state index in [0.29, 0.717) is 0 Å². The average molecular weight is 271 g/mol. The minimum absolute atomic E-state index is 0.254. The fraction of sp³-hybridized carbons (Fsp3) is 0.182. The third-order valence-corrected chi connectivity index (χ3v) is 2.24. The van der Waals surface area contributed by atoms with Gasteiger partial charge >= 0.3 is 5.97 Å². The third kappa shape index (κ3) is 4.16. The van der Waals surface area contributed by atoms with E-state index < -0.39 is 5.97 Å². The molecule has 0 spiro atoms. The summed E-state index contributed by atoms with van der Waals surface area (Å²) in [6.45, 7) is 2.19. The Hall–Kier alpha value is -1.29. The third-order valence-electron chi connectivity index (χ3n) is 1.75. The van der Waals surface area contributed by atoms with Gasteiger partial charge in [-0.05, 0) is 30.7 Å². The zero-order valence-electron chi connectivity index (χ0n) is 8.24. The van der Waals surface area contributed by atoms with Crippen molar-refractivity contribution in [3.8, 4) is 5.75 Å². The van der Waals surface area contributed by atoms with E-state index in [0.717, 1.165) is 21.9 Å². The Bertz CT molecular complexity index is 385. The first-order valence-corrected chi connectivity index (χ1v) is 5.17. The fourth-order valence-corrected chi connectivity index (χ4v) is 1.36. The first-order valence-electron chi connectivity index (χ1n) is 4.38. The van der Waals surface area contributed by atoms with Crippen LogP contribution in [0.3, 0.4) is 0 Å². The van der Waals surface area contributed by atoms with E-state index in [4.69, 9.17) is 9.84 Å². The van der Waals surface area contributed by atoms with Crippen molar-refractivity contribution in [2.45, 2.75) is 6.92 Å². The molecule has 0 saturated carbocycles. The number of carboxylic acids is 1. The lowest BCUT2D eigenvalue weighted by Gasteiger charge is -2.06. The van der Waals surface area contributed by atoms with Gasteiger partial charge in [0.2, 0.25) is 0 Å². The maximum atomic E-state index is 10.2. The van der Waals surface area contributed by atoms with Crippen LogP contribution < -0.4 is 4.74 Å². The molecule has 0 unspecified atom stereocenters. The molecule has 1 aromatic rings. The number of aliphatic carboxylic acids is 1. The van der Waals surface area contributed by atoms with Gasteiger partial charge in [0.15, 0.2) is 0 Å². The highest BCUT2D eigenvalue weighted by Crippen LogP contribution is 2.22. The number of carbonyl (C=O) groups is 1.